The number of ether oxygens (including phenoxy) is 2. The number of morpholine rings is 2. The smallest absolute Gasteiger partial charge is 0.323 e. The van der Waals surface area contributed by atoms with Crippen LogP contribution in [0, 0.1) is 0 Å². The highest BCUT2D eigenvalue weighted by Crippen LogP contribution is 2.26. The summed E-state index contributed by atoms with van der Waals surface area (Å²) >= 11 is 0. The summed E-state index contributed by atoms with van der Waals surface area (Å²) in [6, 6.07) is 14.3. The van der Waals surface area contributed by atoms with Crippen LogP contribution in [0.15, 0.2) is 48.5 Å². The van der Waals surface area contributed by atoms with Crippen molar-refractivity contribution in [3.8, 4) is 11.4 Å². The van der Waals surface area contributed by atoms with Crippen LogP contribution in [0.25, 0.3) is 11.4 Å². The van der Waals surface area contributed by atoms with E-state index in [-0.39, 0.29) is 24.0 Å². The maximum atomic E-state index is 12.8. The highest BCUT2D eigenvalue weighted by Gasteiger charge is 2.27. The molecule has 3 aliphatic rings. The molecule has 3 fully saturated rings. The Hall–Kier alpha value is -4.33. The van der Waals surface area contributed by atoms with Crippen molar-refractivity contribution in [3.05, 3.63) is 54.1 Å². The Balaban J connectivity index is 1.12. The zero-order chi connectivity index (χ0) is 31.3. The topological polar surface area (TPSA) is 128 Å². The molecule has 6 rings (SSSR count). The molecule has 0 aliphatic carbocycles. The molecule has 1 aromatic heterocycles. The summed E-state index contributed by atoms with van der Waals surface area (Å²) in [6.07, 6.45) is 0. The van der Waals surface area contributed by atoms with Crippen molar-refractivity contribution >= 4 is 35.2 Å². The minimum atomic E-state index is -0.381. The first kappa shape index (κ1) is 30.7. The normalized spacial score (nSPS) is 21.0. The molecule has 0 saturated carbocycles. The molecule has 238 valence electrons. The second-order valence-electron chi connectivity index (χ2n) is 11.8. The van der Waals surface area contributed by atoms with Crippen molar-refractivity contribution in [3.63, 3.8) is 0 Å². The van der Waals surface area contributed by atoms with Gasteiger partial charge in [0.1, 0.15) is 0 Å². The number of aromatic nitrogens is 3. The quantitative estimate of drug-likeness (QED) is 0.427. The van der Waals surface area contributed by atoms with Crippen LogP contribution in [0.3, 0.4) is 0 Å². The van der Waals surface area contributed by atoms with Crippen LogP contribution in [0.4, 0.5) is 28.1 Å². The lowest BCUT2D eigenvalue weighted by atomic mass is 10.1. The zero-order valence-corrected chi connectivity index (χ0v) is 26.1. The third-order valence-electron chi connectivity index (χ3n) is 8.44. The number of carbonyl (C=O) groups is 2. The van der Waals surface area contributed by atoms with Gasteiger partial charge in [0.2, 0.25) is 11.9 Å². The van der Waals surface area contributed by atoms with Crippen molar-refractivity contribution in [2.45, 2.75) is 25.9 Å². The molecule has 0 unspecified atom stereocenters. The SMILES string of the molecule is C[C@@H]1COCCN1c1nc(-c2ccc(NC(=O)Nc3ccc(C(=O)N4CCN(C)CC4)cc3)cc2)nc(N2CCOC[C@@H]2C)n1. The van der Waals surface area contributed by atoms with Gasteiger partial charge in [0, 0.05) is 61.8 Å². The summed E-state index contributed by atoms with van der Waals surface area (Å²) in [7, 11) is 2.06. The maximum absolute atomic E-state index is 12.8. The molecule has 0 radical (unpaired) electrons. The van der Waals surface area contributed by atoms with Crippen LogP contribution in [0.2, 0.25) is 0 Å². The summed E-state index contributed by atoms with van der Waals surface area (Å²) < 4.78 is 11.3. The number of hydrogen-bond donors (Lipinski definition) is 2. The molecular weight excluding hydrogens is 574 g/mol. The summed E-state index contributed by atoms with van der Waals surface area (Å²) in [5, 5.41) is 5.71. The molecular formula is C32H41N9O4. The van der Waals surface area contributed by atoms with Gasteiger partial charge < -0.3 is 39.7 Å². The summed E-state index contributed by atoms with van der Waals surface area (Å²) in [6.45, 7) is 11.3. The van der Waals surface area contributed by atoms with Crippen molar-refractivity contribution in [2.75, 3.05) is 93.2 Å². The predicted octanol–water partition coefficient (Wildman–Crippen LogP) is 3.02. The number of carbonyl (C=O) groups excluding carboxylic acids is 2. The lowest BCUT2D eigenvalue weighted by Gasteiger charge is -2.36. The Morgan fingerprint density at radius 3 is 1.73 bits per heavy atom. The van der Waals surface area contributed by atoms with Gasteiger partial charge in [-0.25, -0.2) is 4.79 Å². The van der Waals surface area contributed by atoms with E-state index in [1.54, 1.807) is 24.3 Å². The van der Waals surface area contributed by atoms with Gasteiger partial charge in [0.05, 0.1) is 38.5 Å². The Labute approximate surface area is 263 Å². The van der Waals surface area contributed by atoms with Gasteiger partial charge >= 0.3 is 6.03 Å². The first-order valence-corrected chi connectivity index (χ1v) is 15.6. The van der Waals surface area contributed by atoms with Gasteiger partial charge in [-0.3, -0.25) is 4.79 Å². The van der Waals surface area contributed by atoms with E-state index in [0.29, 0.717) is 87.3 Å². The highest BCUT2D eigenvalue weighted by atomic mass is 16.5. The van der Waals surface area contributed by atoms with E-state index in [9.17, 15) is 9.59 Å². The molecule has 0 bridgehead atoms. The second-order valence-corrected chi connectivity index (χ2v) is 11.8. The van der Waals surface area contributed by atoms with E-state index in [4.69, 9.17) is 24.4 Å². The Morgan fingerprint density at radius 2 is 1.22 bits per heavy atom. The van der Waals surface area contributed by atoms with Gasteiger partial charge in [-0.2, -0.15) is 15.0 Å². The summed E-state index contributed by atoms with van der Waals surface area (Å²) in [5.74, 6) is 1.83. The van der Waals surface area contributed by atoms with Crippen LogP contribution in [0.1, 0.15) is 24.2 Å². The van der Waals surface area contributed by atoms with Gasteiger partial charge in [0.15, 0.2) is 5.82 Å². The number of piperazine rings is 1. The number of rotatable bonds is 6. The standard InChI is InChI=1S/C32H41N9O4/c1-22-20-44-18-16-40(22)30-35-28(36-31(37-30)41-17-19-45-21-23(41)2)24-4-8-26(9-5-24)33-32(43)34-27-10-6-25(7-11-27)29(42)39-14-12-38(3)13-15-39/h4-11,22-23H,12-21H2,1-3H3,(H2,33,34,43)/t22-,23+. The molecule has 2 atom stereocenters. The number of nitrogens with zero attached hydrogens (tertiary/aromatic N) is 7. The Bertz CT molecular complexity index is 1440. The van der Waals surface area contributed by atoms with Crippen LogP contribution >= 0.6 is 0 Å². The number of benzene rings is 2. The predicted molar refractivity (Wildman–Crippen MR) is 173 cm³/mol. The van der Waals surface area contributed by atoms with E-state index in [0.717, 1.165) is 18.7 Å². The minimum Gasteiger partial charge on any atom is -0.377 e. The number of urea groups is 1. The summed E-state index contributed by atoms with van der Waals surface area (Å²) in [5.41, 5.74) is 2.64. The van der Waals surface area contributed by atoms with Crippen LogP contribution < -0.4 is 20.4 Å². The van der Waals surface area contributed by atoms with Gasteiger partial charge in [-0.05, 0) is 69.4 Å². The molecule has 3 aromatic rings. The third-order valence-corrected chi connectivity index (χ3v) is 8.44. The first-order valence-electron chi connectivity index (χ1n) is 15.6. The molecule has 0 spiro atoms. The molecule has 13 nitrogen and oxygen atoms in total. The molecule has 2 N–H and O–H groups in total. The Morgan fingerprint density at radius 1 is 0.711 bits per heavy atom. The lowest BCUT2D eigenvalue weighted by molar-refractivity contribution is 0.0664. The van der Waals surface area contributed by atoms with Gasteiger partial charge in [-0.1, -0.05) is 0 Å². The molecule has 3 aliphatic heterocycles. The molecule has 45 heavy (non-hydrogen) atoms. The Kier molecular flexibility index (Phi) is 9.38. The minimum absolute atomic E-state index is 0.00974. The van der Waals surface area contributed by atoms with Gasteiger partial charge in [-0.15, -0.1) is 0 Å². The maximum Gasteiger partial charge on any atom is 0.323 e. The van der Waals surface area contributed by atoms with Crippen molar-refractivity contribution in [2.24, 2.45) is 0 Å². The third kappa shape index (κ3) is 7.32. The fourth-order valence-electron chi connectivity index (χ4n) is 5.67. The van der Waals surface area contributed by atoms with Crippen molar-refractivity contribution in [1.82, 2.24) is 24.8 Å². The number of amides is 3. The fourth-order valence-corrected chi connectivity index (χ4v) is 5.67. The molecule has 2 aromatic carbocycles. The van der Waals surface area contributed by atoms with Crippen LogP contribution in [0.5, 0.6) is 0 Å². The second kappa shape index (κ2) is 13.8. The number of likely N-dealkylation sites (N-methyl/N-ethyl adjacent to an activating group) is 1. The monoisotopic (exact) mass is 615 g/mol. The largest absolute Gasteiger partial charge is 0.377 e. The van der Waals surface area contributed by atoms with Crippen molar-refractivity contribution < 1.29 is 19.1 Å². The molecule has 3 saturated heterocycles. The van der Waals surface area contributed by atoms with E-state index in [1.807, 2.05) is 29.2 Å². The fraction of sp³-hybridized carbons (Fsp3) is 0.469. The zero-order valence-electron chi connectivity index (χ0n) is 26.1. The molecule has 13 heteroatoms. The van der Waals surface area contributed by atoms with E-state index in [1.165, 1.54) is 0 Å². The number of anilines is 4. The first-order chi connectivity index (χ1) is 21.8. The summed E-state index contributed by atoms with van der Waals surface area (Å²) in [4.78, 5) is 48.6. The number of nitrogens with one attached hydrogen (secondary N) is 2. The van der Waals surface area contributed by atoms with E-state index < -0.39 is 0 Å². The molecule has 3 amide bonds. The average Bonchev–Trinajstić information content (AvgIpc) is 3.06. The van der Waals surface area contributed by atoms with Crippen LogP contribution in [-0.4, -0.2) is 122 Å². The highest BCUT2D eigenvalue weighted by molar-refractivity contribution is 6.00. The van der Waals surface area contributed by atoms with Crippen LogP contribution in [-0.2, 0) is 9.47 Å². The average molecular weight is 616 g/mol. The van der Waals surface area contributed by atoms with E-state index >= 15 is 0 Å². The lowest BCUT2D eigenvalue weighted by Crippen LogP contribution is -2.47. The number of hydrogen-bond acceptors (Lipinski definition) is 10. The molecule has 4 heterocycles. The van der Waals surface area contributed by atoms with E-state index in [2.05, 4.69) is 46.2 Å². The van der Waals surface area contributed by atoms with Gasteiger partial charge in [0.25, 0.3) is 5.91 Å². The van der Waals surface area contributed by atoms with Crippen molar-refractivity contribution in [1.29, 1.82) is 0 Å².